The molecule has 0 amide bonds. The Hall–Kier alpha value is -0.720. The van der Waals surface area contributed by atoms with Crippen molar-refractivity contribution in [2.45, 2.75) is 13.8 Å². The van der Waals surface area contributed by atoms with Crippen LogP contribution in [0.4, 0.5) is 0 Å². The molecule has 0 heterocycles. The van der Waals surface area contributed by atoms with Gasteiger partial charge < -0.3 is 5.32 Å². The molecule has 1 nitrogen and oxygen atoms in total. The third-order valence-corrected chi connectivity index (χ3v) is 0.968. The number of allylic oxidation sites excluding steroid dienone is 3. The van der Waals surface area contributed by atoms with Crippen molar-refractivity contribution >= 4 is 0 Å². The van der Waals surface area contributed by atoms with Gasteiger partial charge in [-0.2, -0.15) is 0 Å². The van der Waals surface area contributed by atoms with E-state index in [4.69, 9.17) is 0 Å². The third kappa shape index (κ3) is 3.47. The standard InChI is InChI=1S/C7H13N/c1-4-7(2)5-6-8-3/h4-6,8H,1-3H3/b6-5-,7-4-. The minimum atomic E-state index is 1.28. The van der Waals surface area contributed by atoms with Gasteiger partial charge in [-0.25, -0.2) is 0 Å². The average molecular weight is 111 g/mol. The maximum absolute atomic E-state index is 2.91. The Morgan fingerprint density at radius 1 is 1.50 bits per heavy atom. The normalized spacial score (nSPS) is 12.6. The van der Waals surface area contributed by atoms with Crippen LogP contribution < -0.4 is 5.32 Å². The number of hydrogen-bond donors (Lipinski definition) is 1. The van der Waals surface area contributed by atoms with Gasteiger partial charge >= 0.3 is 0 Å². The minimum Gasteiger partial charge on any atom is -0.394 e. The Balaban J connectivity index is 3.53. The van der Waals surface area contributed by atoms with Gasteiger partial charge in [0.1, 0.15) is 0 Å². The summed E-state index contributed by atoms with van der Waals surface area (Å²) in [5, 5.41) is 2.91. The predicted molar refractivity (Wildman–Crippen MR) is 37.6 cm³/mol. The maximum atomic E-state index is 2.91. The molecule has 0 fully saturated rings. The van der Waals surface area contributed by atoms with Crippen molar-refractivity contribution < 1.29 is 0 Å². The van der Waals surface area contributed by atoms with Crippen molar-refractivity contribution in [2.24, 2.45) is 0 Å². The minimum absolute atomic E-state index is 1.28. The molecule has 0 aromatic carbocycles. The maximum Gasteiger partial charge on any atom is 0.00277 e. The van der Waals surface area contributed by atoms with Gasteiger partial charge in [0, 0.05) is 7.05 Å². The molecule has 0 radical (unpaired) electrons. The second-order valence-electron chi connectivity index (χ2n) is 1.65. The summed E-state index contributed by atoms with van der Waals surface area (Å²) < 4.78 is 0. The number of nitrogens with one attached hydrogen (secondary N) is 1. The fraction of sp³-hybridized carbons (Fsp3) is 0.429. The van der Waals surface area contributed by atoms with Crippen LogP contribution in [-0.4, -0.2) is 7.05 Å². The van der Waals surface area contributed by atoms with Gasteiger partial charge in [-0.05, 0) is 26.1 Å². The van der Waals surface area contributed by atoms with E-state index in [0.717, 1.165) is 0 Å². The lowest BCUT2D eigenvalue weighted by Crippen LogP contribution is -1.90. The molecular weight excluding hydrogens is 98.1 g/mol. The summed E-state index contributed by atoms with van der Waals surface area (Å²) in [6, 6.07) is 0. The van der Waals surface area contributed by atoms with E-state index in [9.17, 15) is 0 Å². The lowest BCUT2D eigenvalue weighted by molar-refractivity contribution is 1.10. The molecule has 0 unspecified atom stereocenters. The number of rotatable bonds is 2. The van der Waals surface area contributed by atoms with Gasteiger partial charge in [-0.1, -0.05) is 11.6 Å². The largest absolute Gasteiger partial charge is 0.394 e. The SMILES string of the molecule is C/C=C(C)\C=C/NC. The second-order valence-corrected chi connectivity index (χ2v) is 1.65. The summed E-state index contributed by atoms with van der Waals surface area (Å²) in [5.74, 6) is 0. The van der Waals surface area contributed by atoms with Crippen molar-refractivity contribution in [3.63, 3.8) is 0 Å². The van der Waals surface area contributed by atoms with E-state index in [1.165, 1.54) is 5.57 Å². The highest BCUT2D eigenvalue weighted by Crippen LogP contribution is 1.90. The predicted octanol–water partition coefficient (Wildman–Crippen LogP) is 1.69. The summed E-state index contributed by atoms with van der Waals surface area (Å²) in [7, 11) is 1.89. The Bertz CT molecular complexity index is 101. The highest BCUT2D eigenvalue weighted by Gasteiger charge is 1.71. The van der Waals surface area contributed by atoms with E-state index in [2.05, 4.69) is 18.3 Å². The molecule has 0 atom stereocenters. The summed E-state index contributed by atoms with van der Waals surface area (Å²) in [5.41, 5.74) is 1.28. The van der Waals surface area contributed by atoms with Crippen LogP contribution in [0.3, 0.4) is 0 Å². The monoisotopic (exact) mass is 111 g/mol. The van der Waals surface area contributed by atoms with E-state index in [1.807, 2.05) is 26.2 Å². The van der Waals surface area contributed by atoms with E-state index in [0.29, 0.717) is 0 Å². The summed E-state index contributed by atoms with van der Waals surface area (Å²) in [6.45, 7) is 4.09. The molecule has 0 bridgehead atoms. The summed E-state index contributed by atoms with van der Waals surface area (Å²) >= 11 is 0. The molecule has 0 saturated heterocycles. The van der Waals surface area contributed by atoms with Gasteiger partial charge in [-0.15, -0.1) is 0 Å². The van der Waals surface area contributed by atoms with Crippen molar-refractivity contribution in [1.82, 2.24) is 5.32 Å². The Morgan fingerprint density at radius 3 is 2.50 bits per heavy atom. The van der Waals surface area contributed by atoms with Crippen molar-refractivity contribution in [3.05, 3.63) is 23.9 Å². The molecule has 0 aliphatic rings. The van der Waals surface area contributed by atoms with Crippen LogP contribution in [0.15, 0.2) is 23.9 Å². The van der Waals surface area contributed by atoms with Crippen molar-refractivity contribution in [1.29, 1.82) is 0 Å². The number of hydrogen-bond acceptors (Lipinski definition) is 1. The molecule has 0 spiro atoms. The topological polar surface area (TPSA) is 12.0 Å². The van der Waals surface area contributed by atoms with Crippen LogP contribution in [0.1, 0.15) is 13.8 Å². The molecule has 0 aliphatic heterocycles. The lowest BCUT2D eigenvalue weighted by atomic mass is 10.3. The highest BCUT2D eigenvalue weighted by molar-refractivity contribution is 5.13. The second kappa shape index (κ2) is 4.44. The molecule has 8 heavy (non-hydrogen) atoms. The average Bonchev–Trinajstić information content (AvgIpc) is 1.83. The molecule has 46 valence electrons. The van der Waals surface area contributed by atoms with Gasteiger partial charge in [0.05, 0.1) is 0 Å². The fourth-order valence-electron chi connectivity index (χ4n) is 0.311. The molecule has 1 N–H and O–H groups in total. The molecule has 0 aromatic rings. The van der Waals surface area contributed by atoms with Crippen LogP contribution in [0, 0.1) is 0 Å². The zero-order chi connectivity index (χ0) is 6.41. The first-order valence-electron chi connectivity index (χ1n) is 2.78. The smallest absolute Gasteiger partial charge is 0.00277 e. The molecule has 0 aromatic heterocycles. The van der Waals surface area contributed by atoms with Gasteiger partial charge in [0.15, 0.2) is 0 Å². The van der Waals surface area contributed by atoms with E-state index >= 15 is 0 Å². The Kier molecular flexibility index (Phi) is 4.04. The summed E-state index contributed by atoms with van der Waals surface area (Å²) in [4.78, 5) is 0. The zero-order valence-corrected chi connectivity index (χ0v) is 5.73. The van der Waals surface area contributed by atoms with Crippen LogP contribution in [0.2, 0.25) is 0 Å². The molecule has 0 rings (SSSR count). The molecule has 0 aliphatic carbocycles. The van der Waals surface area contributed by atoms with Crippen molar-refractivity contribution in [2.75, 3.05) is 7.05 Å². The first kappa shape index (κ1) is 7.28. The zero-order valence-electron chi connectivity index (χ0n) is 5.73. The van der Waals surface area contributed by atoms with E-state index in [-0.39, 0.29) is 0 Å². The summed E-state index contributed by atoms with van der Waals surface area (Å²) in [6.07, 6.45) is 6.00. The van der Waals surface area contributed by atoms with Gasteiger partial charge in [0.2, 0.25) is 0 Å². The fourth-order valence-corrected chi connectivity index (χ4v) is 0.311. The van der Waals surface area contributed by atoms with Crippen LogP contribution in [0.5, 0.6) is 0 Å². The first-order valence-corrected chi connectivity index (χ1v) is 2.78. The first-order chi connectivity index (χ1) is 3.81. The van der Waals surface area contributed by atoms with Crippen LogP contribution in [0.25, 0.3) is 0 Å². The van der Waals surface area contributed by atoms with E-state index < -0.39 is 0 Å². The third-order valence-electron chi connectivity index (χ3n) is 0.968. The van der Waals surface area contributed by atoms with Crippen LogP contribution >= 0.6 is 0 Å². The molecule has 1 heteroatoms. The highest BCUT2D eigenvalue weighted by atomic mass is 14.8. The molecular formula is C7H13N. The Morgan fingerprint density at radius 2 is 2.12 bits per heavy atom. The van der Waals surface area contributed by atoms with Crippen LogP contribution in [-0.2, 0) is 0 Å². The Labute approximate surface area is 51.1 Å². The van der Waals surface area contributed by atoms with Crippen molar-refractivity contribution in [3.8, 4) is 0 Å². The van der Waals surface area contributed by atoms with Gasteiger partial charge in [0.25, 0.3) is 0 Å². The molecule has 0 saturated carbocycles. The lowest BCUT2D eigenvalue weighted by Gasteiger charge is -1.86. The van der Waals surface area contributed by atoms with E-state index in [1.54, 1.807) is 0 Å². The quantitative estimate of drug-likeness (QED) is 0.535. The van der Waals surface area contributed by atoms with Gasteiger partial charge in [-0.3, -0.25) is 0 Å².